The normalized spacial score (nSPS) is 14.2. The molecule has 1 unspecified atom stereocenters. The summed E-state index contributed by atoms with van der Waals surface area (Å²) in [5, 5.41) is 2.85. The summed E-state index contributed by atoms with van der Waals surface area (Å²) in [6, 6.07) is -0.382. The largest absolute Gasteiger partial charge is 0.353 e. The quantitative estimate of drug-likeness (QED) is 0.667. The van der Waals surface area contributed by atoms with Crippen LogP contribution in [0.3, 0.4) is 0 Å². The summed E-state index contributed by atoms with van der Waals surface area (Å²) in [4.78, 5) is 13.5. The van der Waals surface area contributed by atoms with Gasteiger partial charge in [-0.25, -0.2) is 0 Å². The molecule has 0 aromatic carbocycles. The van der Waals surface area contributed by atoms with Gasteiger partial charge in [-0.2, -0.15) is 0 Å². The molecule has 0 fully saturated rings. The Morgan fingerprint density at radius 3 is 2.36 bits per heavy atom. The van der Waals surface area contributed by atoms with Crippen LogP contribution in [-0.4, -0.2) is 43.0 Å². The molecule has 0 aromatic rings. The average molecular weight is 201 g/mol. The highest BCUT2D eigenvalue weighted by molar-refractivity contribution is 5.81. The molecule has 4 nitrogen and oxygen atoms in total. The molecule has 4 heteroatoms. The van der Waals surface area contributed by atoms with E-state index in [1.165, 1.54) is 0 Å². The number of likely N-dealkylation sites (N-methyl/N-ethyl adjacent to an activating group) is 1. The van der Waals surface area contributed by atoms with Crippen LogP contribution in [0.25, 0.3) is 0 Å². The van der Waals surface area contributed by atoms with Gasteiger partial charge in [0.05, 0.1) is 6.04 Å². The molecule has 0 heterocycles. The number of hydrogen-bond acceptors (Lipinski definition) is 3. The number of nitrogens with one attached hydrogen (secondary N) is 1. The summed E-state index contributed by atoms with van der Waals surface area (Å²) >= 11 is 0. The minimum absolute atomic E-state index is 0.0386. The Morgan fingerprint density at radius 1 is 1.50 bits per heavy atom. The number of nitrogens with zero attached hydrogens (tertiary/aromatic N) is 1. The van der Waals surface area contributed by atoms with Gasteiger partial charge in [0.1, 0.15) is 0 Å². The van der Waals surface area contributed by atoms with E-state index in [0.29, 0.717) is 13.0 Å². The third-order valence-corrected chi connectivity index (χ3v) is 2.68. The van der Waals surface area contributed by atoms with Crippen LogP contribution in [0.2, 0.25) is 0 Å². The van der Waals surface area contributed by atoms with Crippen LogP contribution in [0.1, 0.15) is 27.2 Å². The summed E-state index contributed by atoms with van der Waals surface area (Å²) < 4.78 is 0. The molecule has 0 saturated carbocycles. The highest BCUT2D eigenvalue weighted by Gasteiger charge is 2.22. The second-order valence-corrected chi connectivity index (χ2v) is 4.44. The first kappa shape index (κ1) is 13.4. The van der Waals surface area contributed by atoms with E-state index < -0.39 is 0 Å². The molecule has 0 rings (SSSR count). The summed E-state index contributed by atoms with van der Waals surface area (Å²) in [6.07, 6.45) is 0.675. The second-order valence-electron chi connectivity index (χ2n) is 4.44. The van der Waals surface area contributed by atoms with Crippen molar-refractivity contribution in [1.29, 1.82) is 0 Å². The predicted molar refractivity (Wildman–Crippen MR) is 59.0 cm³/mol. The van der Waals surface area contributed by atoms with Gasteiger partial charge in [-0.3, -0.25) is 4.79 Å². The van der Waals surface area contributed by atoms with E-state index in [1.54, 1.807) is 0 Å². The predicted octanol–water partition coefficient (Wildman–Crippen LogP) is 0.180. The van der Waals surface area contributed by atoms with Crippen molar-refractivity contribution in [3.8, 4) is 0 Å². The first-order chi connectivity index (χ1) is 6.31. The Kier molecular flexibility index (Phi) is 5.08. The van der Waals surface area contributed by atoms with Gasteiger partial charge in [0.25, 0.3) is 0 Å². The van der Waals surface area contributed by atoms with E-state index in [1.807, 2.05) is 21.0 Å². The maximum Gasteiger partial charge on any atom is 0.236 e. The monoisotopic (exact) mass is 201 g/mol. The van der Waals surface area contributed by atoms with Crippen molar-refractivity contribution in [2.75, 3.05) is 20.6 Å². The lowest BCUT2D eigenvalue weighted by Crippen LogP contribution is -2.51. The Labute approximate surface area is 86.8 Å². The van der Waals surface area contributed by atoms with Crippen molar-refractivity contribution in [2.24, 2.45) is 5.73 Å². The Balaban J connectivity index is 4.00. The minimum Gasteiger partial charge on any atom is -0.353 e. The molecular weight excluding hydrogens is 178 g/mol. The minimum atomic E-state index is -0.382. The lowest BCUT2D eigenvalue weighted by molar-refractivity contribution is -0.122. The van der Waals surface area contributed by atoms with Crippen molar-refractivity contribution in [2.45, 2.75) is 38.8 Å². The number of carbonyl (C=O) groups is 1. The van der Waals surface area contributed by atoms with Crippen LogP contribution in [0.5, 0.6) is 0 Å². The van der Waals surface area contributed by atoms with Gasteiger partial charge in [0.2, 0.25) is 5.91 Å². The summed E-state index contributed by atoms with van der Waals surface area (Å²) in [7, 11) is 3.98. The molecule has 0 aliphatic heterocycles. The van der Waals surface area contributed by atoms with Crippen LogP contribution in [0, 0.1) is 0 Å². The molecule has 0 spiro atoms. The molecule has 0 saturated heterocycles. The van der Waals surface area contributed by atoms with Gasteiger partial charge in [-0.15, -0.1) is 0 Å². The molecule has 0 radical (unpaired) electrons. The summed E-state index contributed by atoms with van der Waals surface area (Å²) in [6.45, 7) is 6.67. The van der Waals surface area contributed by atoms with Gasteiger partial charge < -0.3 is 16.0 Å². The van der Waals surface area contributed by atoms with Crippen LogP contribution < -0.4 is 11.1 Å². The maximum atomic E-state index is 11.4. The van der Waals surface area contributed by atoms with E-state index in [4.69, 9.17) is 5.73 Å². The van der Waals surface area contributed by atoms with Gasteiger partial charge in [0.15, 0.2) is 0 Å². The van der Waals surface area contributed by atoms with E-state index in [2.05, 4.69) is 24.1 Å². The molecule has 14 heavy (non-hydrogen) atoms. The molecular formula is C10H23N3O. The summed E-state index contributed by atoms with van der Waals surface area (Å²) in [5.41, 5.74) is 5.56. The lowest BCUT2D eigenvalue weighted by atomic mass is 10.0. The topological polar surface area (TPSA) is 58.4 Å². The van der Waals surface area contributed by atoms with Crippen molar-refractivity contribution in [1.82, 2.24) is 10.2 Å². The van der Waals surface area contributed by atoms with E-state index in [0.717, 1.165) is 0 Å². The van der Waals surface area contributed by atoms with E-state index in [9.17, 15) is 4.79 Å². The summed E-state index contributed by atoms with van der Waals surface area (Å²) in [5.74, 6) is -0.0672. The first-order valence-corrected chi connectivity index (χ1v) is 5.02. The fourth-order valence-corrected chi connectivity index (χ4v) is 0.778. The highest BCUT2D eigenvalue weighted by Crippen LogP contribution is 2.07. The van der Waals surface area contributed by atoms with Crippen molar-refractivity contribution < 1.29 is 4.79 Å². The van der Waals surface area contributed by atoms with Crippen LogP contribution in [-0.2, 0) is 4.79 Å². The zero-order valence-corrected chi connectivity index (χ0v) is 9.92. The molecule has 1 amide bonds. The van der Waals surface area contributed by atoms with Crippen LogP contribution in [0.4, 0.5) is 0 Å². The van der Waals surface area contributed by atoms with Gasteiger partial charge >= 0.3 is 0 Å². The number of rotatable bonds is 5. The number of hydrogen-bond donors (Lipinski definition) is 2. The fourth-order valence-electron chi connectivity index (χ4n) is 0.778. The smallest absolute Gasteiger partial charge is 0.236 e. The van der Waals surface area contributed by atoms with Crippen LogP contribution >= 0.6 is 0 Å². The van der Waals surface area contributed by atoms with Gasteiger partial charge in [0, 0.05) is 12.1 Å². The molecule has 0 aliphatic rings. The Morgan fingerprint density at radius 2 is 2.00 bits per heavy atom. The number of carbonyl (C=O) groups excluding carboxylic acids is 1. The molecule has 3 N–H and O–H groups in total. The van der Waals surface area contributed by atoms with E-state index in [-0.39, 0.29) is 17.5 Å². The molecule has 0 aromatic heterocycles. The zero-order chi connectivity index (χ0) is 11.4. The Hall–Kier alpha value is -0.610. The fraction of sp³-hybridized carbons (Fsp3) is 0.900. The molecule has 0 bridgehead atoms. The number of nitrogens with two attached hydrogens (primary N) is 1. The lowest BCUT2D eigenvalue weighted by Gasteiger charge is -2.32. The van der Waals surface area contributed by atoms with E-state index >= 15 is 0 Å². The third-order valence-electron chi connectivity index (χ3n) is 2.68. The van der Waals surface area contributed by atoms with Crippen LogP contribution in [0.15, 0.2) is 0 Å². The molecule has 1 atom stereocenters. The molecule has 84 valence electrons. The molecule has 0 aliphatic carbocycles. The van der Waals surface area contributed by atoms with Crippen molar-refractivity contribution in [3.63, 3.8) is 0 Å². The first-order valence-electron chi connectivity index (χ1n) is 5.02. The van der Waals surface area contributed by atoms with Crippen molar-refractivity contribution in [3.05, 3.63) is 0 Å². The zero-order valence-electron chi connectivity index (χ0n) is 9.92. The van der Waals surface area contributed by atoms with Gasteiger partial charge in [-0.1, -0.05) is 6.92 Å². The standard InChI is InChI=1S/C10H23N3O/c1-6-8(11)9(14)12-7-10(2,3)13(4)5/h8H,6-7,11H2,1-5H3,(H,12,14). The van der Waals surface area contributed by atoms with Crippen molar-refractivity contribution >= 4 is 5.91 Å². The average Bonchev–Trinajstić information content (AvgIpc) is 2.12. The van der Waals surface area contributed by atoms with Gasteiger partial charge in [-0.05, 0) is 34.4 Å². The maximum absolute atomic E-state index is 11.4. The highest BCUT2D eigenvalue weighted by atomic mass is 16.2. The third kappa shape index (κ3) is 4.07. The SMILES string of the molecule is CCC(N)C(=O)NCC(C)(C)N(C)C. The second kappa shape index (κ2) is 5.32. The Bertz CT molecular complexity index is 190. The number of amides is 1.